The zero-order valence-corrected chi connectivity index (χ0v) is 54.5. The molecule has 0 spiro atoms. The third-order valence-corrected chi connectivity index (χ3v) is 16.0. The maximum atomic E-state index is 13.5. The fourth-order valence-electron chi connectivity index (χ4n) is 10.5. The summed E-state index contributed by atoms with van der Waals surface area (Å²) in [6, 6.07) is -1.03. The number of hydrogen-bond acceptors (Lipinski definition) is 10. The van der Waals surface area contributed by atoms with E-state index in [4.69, 9.17) is 14.2 Å². The molecule has 8 atom stereocenters. The van der Waals surface area contributed by atoms with Crippen LogP contribution in [0.15, 0.2) is 97.2 Å². The summed E-state index contributed by atoms with van der Waals surface area (Å²) in [4.78, 5) is 26.6. The first-order valence-electron chi connectivity index (χ1n) is 35.0. The van der Waals surface area contributed by atoms with E-state index in [9.17, 15) is 35.1 Å². The average Bonchev–Trinajstić information content (AvgIpc) is 3.59. The Labute approximate surface area is 520 Å². The molecule has 0 saturated carbocycles. The van der Waals surface area contributed by atoms with Gasteiger partial charge in [0.15, 0.2) is 12.4 Å². The number of allylic oxidation sites excluding steroid dienone is 15. The number of hydrogen-bond donors (Lipinski definition) is 6. The molecule has 1 saturated heterocycles. The maximum Gasteiger partial charge on any atom is 0.306 e. The van der Waals surface area contributed by atoms with E-state index in [-0.39, 0.29) is 19.4 Å². The number of esters is 1. The van der Waals surface area contributed by atoms with E-state index < -0.39 is 67.4 Å². The van der Waals surface area contributed by atoms with Gasteiger partial charge < -0.3 is 45.1 Å². The third-order valence-electron chi connectivity index (χ3n) is 16.0. The van der Waals surface area contributed by atoms with Crippen molar-refractivity contribution in [2.24, 2.45) is 0 Å². The minimum Gasteiger partial charge on any atom is -0.454 e. The second-order valence-corrected chi connectivity index (χ2v) is 23.9. The summed E-state index contributed by atoms with van der Waals surface area (Å²) in [5.74, 6) is -1.20. The van der Waals surface area contributed by atoms with Crippen LogP contribution in [0.4, 0.5) is 0 Å². The van der Waals surface area contributed by atoms with Crippen molar-refractivity contribution in [2.75, 3.05) is 13.2 Å². The fraction of sp³-hybridized carbons (Fsp3) is 0.757. The largest absolute Gasteiger partial charge is 0.454 e. The van der Waals surface area contributed by atoms with Crippen molar-refractivity contribution < 1.29 is 49.3 Å². The monoisotopic (exact) mass is 1190 g/mol. The lowest BCUT2D eigenvalue weighted by Gasteiger charge is -2.41. The molecule has 1 fully saturated rings. The second-order valence-electron chi connectivity index (χ2n) is 23.9. The number of amides is 1. The van der Waals surface area contributed by atoms with E-state index in [0.717, 1.165) is 116 Å². The van der Waals surface area contributed by atoms with Crippen molar-refractivity contribution >= 4 is 11.9 Å². The molecule has 11 heteroatoms. The van der Waals surface area contributed by atoms with Crippen LogP contribution in [-0.4, -0.2) is 99.6 Å². The first-order chi connectivity index (χ1) is 41.7. The number of rotatable bonds is 59. The molecule has 1 rings (SSSR count). The van der Waals surface area contributed by atoms with Gasteiger partial charge in [-0.15, -0.1) is 0 Å². The van der Waals surface area contributed by atoms with E-state index >= 15 is 0 Å². The molecule has 85 heavy (non-hydrogen) atoms. The van der Waals surface area contributed by atoms with Gasteiger partial charge in [-0.1, -0.05) is 285 Å². The lowest BCUT2D eigenvalue weighted by atomic mass is 9.99. The number of aliphatic hydroxyl groups excluding tert-OH is 5. The molecule has 6 N–H and O–H groups in total. The predicted molar refractivity (Wildman–Crippen MR) is 356 cm³/mol. The van der Waals surface area contributed by atoms with Gasteiger partial charge in [-0.2, -0.15) is 0 Å². The first-order valence-corrected chi connectivity index (χ1v) is 35.0. The van der Waals surface area contributed by atoms with Crippen LogP contribution < -0.4 is 5.32 Å². The van der Waals surface area contributed by atoms with Gasteiger partial charge in [-0.25, -0.2) is 0 Å². The quantitative estimate of drug-likeness (QED) is 0.0195. The van der Waals surface area contributed by atoms with Crippen molar-refractivity contribution in [2.45, 2.75) is 346 Å². The molecular weight excluding hydrogens is 1060 g/mol. The van der Waals surface area contributed by atoms with Crippen molar-refractivity contribution in [1.82, 2.24) is 5.32 Å². The second kappa shape index (κ2) is 60.8. The zero-order valence-electron chi connectivity index (χ0n) is 54.5. The molecule has 11 nitrogen and oxygen atoms in total. The molecule has 0 aliphatic carbocycles. The van der Waals surface area contributed by atoms with Crippen LogP contribution in [0.2, 0.25) is 0 Å². The molecule has 1 aliphatic rings. The summed E-state index contributed by atoms with van der Waals surface area (Å²) in [7, 11) is 0. The van der Waals surface area contributed by atoms with Crippen molar-refractivity contribution in [1.29, 1.82) is 0 Å². The SMILES string of the molecule is CC/C=C\C/C=C\C/C=C\C/C=C\C/C=C\C/C=C\CCCCCCCCCC(O)C(=O)NC(COC1OC(CO)C(O)C(O)C1OC(=O)CCCCCCCCCCC/C=C/CCCCCCCC)C(O)/C=C/CCCCCCCCCCC. The summed E-state index contributed by atoms with van der Waals surface area (Å²) in [5, 5.41) is 57.2. The van der Waals surface area contributed by atoms with Crippen LogP contribution in [0, 0.1) is 0 Å². The Hall–Kier alpha value is -3.42. The minimum atomic E-state index is -1.62. The highest BCUT2D eigenvalue weighted by molar-refractivity contribution is 5.80. The molecular formula is C74H129NO10. The molecule has 490 valence electrons. The lowest BCUT2D eigenvalue weighted by Crippen LogP contribution is -2.61. The Morgan fingerprint density at radius 2 is 0.847 bits per heavy atom. The van der Waals surface area contributed by atoms with Crippen LogP contribution >= 0.6 is 0 Å². The van der Waals surface area contributed by atoms with Gasteiger partial charge in [0.1, 0.15) is 24.4 Å². The Morgan fingerprint density at radius 1 is 0.471 bits per heavy atom. The summed E-state index contributed by atoms with van der Waals surface area (Å²) in [5.41, 5.74) is 0. The zero-order chi connectivity index (χ0) is 61.7. The highest BCUT2D eigenvalue weighted by Crippen LogP contribution is 2.26. The number of carbonyl (C=O) groups excluding carboxylic acids is 2. The Kier molecular flexibility index (Phi) is 57.0. The molecule has 8 unspecified atom stereocenters. The van der Waals surface area contributed by atoms with Gasteiger partial charge in [0.2, 0.25) is 5.91 Å². The molecule has 1 aliphatic heterocycles. The molecule has 0 aromatic heterocycles. The topological polar surface area (TPSA) is 175 Å². The number of aliphatic hydroxyl groups is 5. The van der Waals surface area contributed by atoms with Gasteiger partial charge in [-0.05, 0) is 103 Å². The van der Waals surface area contributed by atoms with Crippen LogP contribution in [0.1, 0.15) is 297 Å². The third kappa shape index (κ3) is 48.2. The summed E-state index contributed by atoms with van der Waals surface area (Å²) in [6.45, 7) is 5.68. The summed E-state index contributed by atoms with van der Waals surface area (Å²) >= 11 is 0. The van der Waals surface area contributed by atoms with E-state index in [1.54, 1.807) is 6.08 Å². The number of nitrogens with one attached hydrogen (secondary N) is 1. The van der Waals surface area contributed by atoms with Crippen LogP contribution in [0.5, 0.6) is 0 Å². The van der Waals surface area contributed by atoms with Crippen LogP contribution in [0.3, 0.4) is 0 Å². The van der Waals surface area contributed by atoms with E-state index in [0.29, 0.717) is 12.8 Å². The standard InChI is InChI=1S/C74H129NO10/c1-4-7-10-13-16-19-22-24-26-28-30-31-32-33-34-35-36-38-39-41-43-46-49-52-55-58-61-67(78)73(82)75-65(66(77)60-57-54-51-48-45-21-18-15-12-9-6-3)64-83-74-72(71(81)70(80)68(63-76)84-74)85-69(79)62-59-56-53-50-47-44-42-40-37-29-27-25-23-20-17-14-11-8-5-2/h7,10,16,19,24-27,30-31,33-34,36,38,57,60,65-68,70-72,74,76-78,80-81H,4-6,8-9,11-15,17-18,20-23,28-29,32,35,37,39-56,58-59,61-64H2,1-3H3,(H,75,82)/b10-7-,19-16-,26-24-,27-25+,31-30-,34-33-,38-36-,60-57+. The van der Waals surface area contributed by atoms with Crippen molar-refractivity contribution in [3.63, 3.8) is 0 Å². The Morgan fingerprint density at radius 3 is 1.28 bits per heavy atom. The number of carbonyl (C=O) groups is 2. The minimum absolute atomic E-state index is 0.118. The van der Waals surface area contributed by atoms with E-state index in [1.807, 2.05) is 6.08 Å². The van der Waals surface area contributed by atoms with Crippen LogP contribution in [-0.2, 0) is 23.8 Å². The molecule has 0 aromatic carbocycles. The Balaban J connectivity index is 2.58. The highest BCUT2D eigenvalue weighted by atomic mass is 16.7. The van der Waals surface area contributed by atoms with E-state index in [1.165, 1.54) is 135 Å². The van der Waals surface area contributed by atoms with Crippen molar-refractivity contribution in [3.8, 4) is 0 Å². The average molecular weight is 1190 g/mol. The molecule has 0 bridgehead atoms. The van der Waals surface area contributed by atoms with Gasteiger partial charge in [0, 0.05) is 6.42 Å². The lowest BCUT2D eigenvalue weighted by molar-refractivity contribution is -0.305. The van der Waals surface area contributed by atoms with Gasteiger partial charge in [-0.3, -0.25) is 9.59 Å². The Bertz CT molecular complexity index is 1750. The van der Waals surface area contributed by atoms with Crippen LogP contribution in [0.25, 0.3) is 0 Å². The predicted octanol–water partition coefficient (Wildman–Crippen LogP) is 17.8. The summed E-state index contributed by atoms with van der Waals surface area (Å²) < 4.78 is 17.7. The molecule has 1 heterocycles. The van der Waals surface area contributed by atoms with Gasteiger partial charge in [0.05, 0.1) is 25.4 Å². The smallest absolute Gasteiger partial charge is 0.306 e. The van der Waals surface area contributed by atoms with Gasteiger partial charge in [0.25, 0.3) is 0 Å². The number of unbranched alkanes of at least 4 members (excludes halogenated alkanes) is 31. The van der Waals surface area contributed by atoms with Crippen molar-refractivity contribution in [3.05, 3.63) is 97.2 Å². The summed E-state index contributed by atoms with van der Waals surface area (Å²) in [6.07, 6.45) is 71.6. The normalized spacial score (nSPS) is 19.0. The fourth-order valence-corrected chi connectivity index (χ4v) is 10.5. The highest BCUT2D eigenvalue weighted by Gasteiger charge is 2.47. The first kappa shape index (κ1) is 79.6. The maximum absolute atomic E-state index is 13.5. The molecule has 0 aromatic rings. The number of ether oxygens (including phenoxy) is 3. The van der Waals surface area contributed by atoms with Gasteiger partial charge >= 0.3 is 5.97 Å². The molecule has 1 amide bonds. The molecule has 0 radical (unpaired) electrons. The van der Waals surface area contributed by atoms with E-state index in [2.05, 4.69) is 111 Å².